The van der Waals surface area contributed by atoms with E-state index in [1.807, 2.05) is 0 Å². The number of carbonyl (C=O) groups excluding carboxylic acids is 2. The molecule has 1 aliphatic heterocycles. The molecule has 1 aromatic carbocycles. The summed E-state index contributed by atoms with van der Waals surface area (Å²) in [6.07, 6.45) is 3.82. The zero-order valence-electron chi connectivity index (χ0n) is 20.4. The van der Waals surface area contributed by atoms with Crippen LogP contribution in [0.25, 0.3) is 0 Å². The lowest BCUT2D eigenvalue weighted by Crippen LogP contribution is -2.61. The fourth-order valence-corrected chi connectivity index (χ4v) is 6.11. The van der Waals surface area contributed by atoms with Gasteiger partial charge < -0.3 is 16.8 Å². The highest BCUT2D eigenvalue weighted by Gasteiger charge is 2.48. The summed E-state index contributed by atoms with van der Waals surface area (Å²) in [4.78, 5) is 27.6. The van der Waals surface area contributed by atoms with Crippen LogP contribution >= 0.6 is 0 Å². The normalized spacial score (nSPS) is 20.0. The van der Waals surface area contributed by atoms with Gasteiger partial charge in [-0.3, -0.25) is 24.5 Å². The number of nitriles is 1. The Bertz CT molecular complexity index is 1180. The second-order valence-electron chi connectivity index (χ2n) is 9.91. The van der Waals surface area contributed by atoms with Crippen molar-refractivity contribution in [3.8, 4) is 6.07 Å². The largest absolute Gasteiger partial charge is 0.370 e. The molecular weight excluding hydrogens is 484 g/mol. The number of rotatable bonds is 7. The molecule has 2 amide bonds. The van der Waals surface area contributed by atoms with Crippen LogP contribution in [0.3, 0.4) is 0 Å². The van der Waals surface area contributed by atoms with Gasteiger partial charge in [0.05, 0.1) is 22.3 Å². The number of nitrogens with two attached hydrogens (primary N) is 2. The van der Waals surface area contributed by atoms with Crippen LogP contribution in [-0.4, -0.2) is 54.3 Å². The van der Waals surface area contributed by atoms with Crippen LogP contribution in [0.2, 0.25) is 0 Å². The molecule has 1 saturated heterocycles. The molecule has 2 fully saturated rings. The molecule has 0 radical (unpaired) electrons. The molecule has 0 spiro atoms. The van der Waals surface area contributed by atoms with E-state index in [0.29, 0.717) is 31.5 Å². The third-order valence-corrected chi connectivity index (χ3v) is 8.53. The lowest BCUT2D eigenvalue weighted by atomic mass is 9.66. The van der Waals surface area contributed by atoms with E-state index in [2.05, 4.69) is 11.4 Å². The van der Waals surface area contributed by atoms with Crippen LogP contribution in [0, 0.1) is 29.1 Å². The topological polar surface area (TPSA) is 203 Å². The van der Waals surface area contributed by atoms with Gasteiger partial charge in [-0.05, 0) is 75.4 Å². The first-order valence-corrected chi connectivity index (χ1v) is 13.5. The zero-order valence-corrected chi connectivity index (χ0v) is 21.2. The Morgan fingerprint density at radius 1 is 1.19 bits per heavy atom. The molecule has 0 bridgehead atoms. The molecule has 1 saturated carbocycles. The quantitative estimate of drug-likeness (QED) is 0.203. The smallest absolute Gasteiger partial charge is 0.294 e. The Hall–Kier alpha value is -3.01. The molecule has 196 valence electrons. The minimum absolute atomic E-state index is 0.0273. The lowest BCUT2D eigenvalue weighted by Gasteiger charge is -2.43. The van der Waals surface area contributed by atoms with Gasteiger partial charge >= 0.3 is 0 Å². The molecule has 11 nitrogen and oxygen atoms in total. The summed E-state index contributed by atoms with van der Waals surface area (Å²) in [5.41, 5.74) is 10.2. The van der Waals surface area contributed by atoms with Crippen LogP contribution in [0.15, 0.2) is 23.1 Å². The Morgan fingerprint density at radius 2 is 1.81 bits per heavy atom. The second kappa shape index (κ2) is 10.5. The van der Waals surface area contributed by atoms with E-state index in [-0.39, 0.29) is 24.8 Å². The molecule has 7 N–H and O–H groups in total. The zero-order chi connectivity index (χ0) is 26.7. The van der Waals surface area contributed by atoms with E-state index in [4.69, 9.17) is 16.9 Å². The fourth-order valence-electron chi connectivity index (χ4n) is 5.60. The number of guanidine groups is 1. The van der Waals surface area contributed by atoms with E-state index in [0.717, 1.165) is 24.2 Å². The van der Waals surface area contributed by atoms with Crippen molar-refractivity contribution < 1.29 is 22.6 Å². The number of amides is 2. The first kappa shape index (κ1) is 27.6. The molecule has 1 aromatic rings. The Balaban J connectivity index is 2.20. The third kappa shape index (κ3) is 5.38. The van der Waals surface area contributed by atoms with Gasteiger partial charge in [-0.2, -0.15) is 13.7 Å². The van der Waals surface area contributed by atoms with Gasteiger partial charge in [-0.25, -0.2) is 0 Å². The molecule has 36 heavy (non-hydrogen) atoms. The number of nitrogens with one attached hydrogen (secondary N) is 2. The van der Waals surface area contributed by atoms with E-state index in [1.165, 1.54) is 18.2 Å². The maximum Gasteiger partial charge on any atom is 0.294 e. The molecule has 12 heteroatoms. The first-order chi connectivity index (χ1) is 16.9. The van der Waals surface area contributed by atoms with E-state index >= 15 is 0 Å². The Labute approximate surface area is 211 Å². The molecule has 1 atom stereocenters. The van der Waals surface area contributed by atoms with Gasteiger partial charge in [0.2, 0.25) is 11.8 Å². The van der Waals surface area contributed by atoms with Crippen molar-refractivity contribution in [2.24, 2.45) is 16.9 Å². The van der Waals surface area contributed by atoms with Gasteiger partial charge in [0, 0.05) is 0 Å². The highest BCUT2D eigenvalue weighted by Crippen LogP contribution is 2.45. The molecule has 0 aromatic heterocycles. The van der Waals surface area contributed by atoms with Crippen LogP contribution in [-0.2, 0) is 19.7 Å². The van der Waals surface area contributed by atoms with E-state index in [1.54, 1.807) is 6.92 Å². The monoisotopic (exact) mass is 518 g/mol. The summed E-state index contributed by atoms with van der Waals surface area (Å²) < 4.78 is 33.5. The number of hydrogen-bond acceptors (Lipinski definition) is 7. The summed E-state index contributed by atoms with van der Waals surface area (Å²) in [6, 6.07) is 6.10. The van der Waals surface area contributed by atoms with E-state index in [9.17, 15) is 27.8 Å². The summed E-state index contributed by atoms with van der Waals surface area (Å²) in [5, 5.41) is 21.5. The number of benzene rings is 1. The highest BCUT2D eigenvalue weighted by atomic mass is 32.2. The van der Waals surface area contributed by atoms with Crippen molar-refractivity contribution in [2.75, 3.05) is 13.1 Å². The SMILES string of the molecule is Cc1ccc(S(=O)(=O)O)cc1C(CC1(C(N)=O)CCCCC1)C(=O)N(C(=N)N)C1(C#N)CCNCC1. The van der Waals surface area contributed by atoms with Gasteiger partial charge in [0.15, 0.2) is 5.96 Å². The van der Waals surface area contributed by atoms with Crippen LogP contribution in [0.4, 0.5) is 0 Å². The van der Waals surface area contributed by atoms with Crippen molar-refractivity contribution in [3.05, 3.63) is 29.3 Å². The summed E-state index contributed by atoms with van der Waals surface area (Å²) in [5.74, 6) is -2.95. The predicted octanol–water partition coefficient (Wildman–Crippen LogP) is 1.52. The minimum atomic E-state index is -4.58. The second-order valence-corrected chi connectivity index (χ2v) is 11.3. The van der Waals surface area contributed by atoms with E-state index < -0.39 is 49.7 Å². The molecule has 3 rings (SSSR count). The number of nitrogens with zero attached hydrogens (tertiary/aromatic N) is 2. The standard InChI is InChI=1S/C24H34N6O5S/c1-16-5-6-17(36(33,34)35)13-18(16)19(14-23(21(26)32)7-3-2-4-8-23)20(31)30(22(27)28)24(15-25)9-11-29-12-10-24/h5-6,13,19,29H,2-4,7-12,14H2,1H3,(H2,26,32)(H3,27,28)(H,33,34,35). The number of aryl methyl sites for hydroxylation is 1. The van der Waals surface area contributed by atoms with Crippen LogP contribution in [0.5, 0.6) is 0 Å². The van der Waals surface area contributed by atoms with Crippen molar-refractivity contribution in [1.29, 1.82) is 10.7 Å². The number of piperidine rings is 1. The van der Waals surface area contributed by atoms with Crippen molar-refractivity contribution >= 4 is 27.9 Å². The minimum Gasteiger partial charge on any atom is -0.370 e. The number of hydrogen-bond donors (Lipinski definition) is 5. The third-order valence-electron chi connectivity index (χ3n) is 7.68. The molecule has 1 unspecified atom stereocenters. The maximum absolute atomic E-state index is 14.3. The number of carbonyl (C=O) groups is 2. The Kier molecular flexibility index (Phi) is 8.07. The average Bonchev–Trinajstić information content (AvgIpc) is 2.83. The van der Waals surface area contributed by atoms with Crippen molar-refractivity contribution in [1.82, 2.24) is 10.2 Å². The summed E-state index contributed by atoms with van der Waals surface area (Å²) in [6.45, 7) is 2.57. The van der Waals surface area contributed by atoms with Gasteiger partial charge in [0.1, 0.15) is 5.54 Å². The van der Waals surface area contributed by atoms with Crippen LogP contribution in [0.1, 0.15) is 68.4 Å². The molecule has 1 heterocycles. The van der Waals surface area contributed by atoms with Crippen molar-refractivity contribution in [3.63, 3.8) is 0 Å². The van der Waals surface area contributed by atoms with Gasteiger partial charge in [0.25, 0.3) is 10.1 Å². The van der Waals surface area contributed by atoms with Crippen molar-refractivity contribution in [2.45, 2.75) is 74.6 Å². The molecular formula is C24H34N6O5S. The van der Waals surface area contributed by atoms with Gasteiger partial charge in [-0.1, -0.05) is 25.3 Å². The summed E-state index contributed by atoms with van der Waals surface area (Å²) >= 11 is 0. The Morgan fingerprint density at radius 3 is 2.31 bits per heavy atom. The highest BCUT2D eigenvalue weighted by molar-refractivity contribution is 7.85. The fraction of sp³-hybridized carbons (Fsp3) is 0.583. The lowest BCUT2D eigenvalue weighted by molar-refractivity contribution is -0.136. The maximum atomic E-state index is 14.3. The van der Waals surface area contributed by atoms with Crippen LogP contribution < -0.4 is 16.8 Å². The summed E-state index contributed by atoms with van der Waals surface area (Å²) in [7, 11) is -4.58. The number of primary amides is 1. The predicted molar refractivity (Wildman–Crippen MR) is 132 cm³/mol. The molecule has 1 aliphatic carbocycles. The van der Waals surface area contributed by atoms with Gasteiger partial charge in [-0.15, -0.1) is 0 Å². The first-order valence-electron chi connectivity index (χ1n) is 12.0. The molecule has 2 aliphatic rings. The average molecular weight is 519 g/mol.